The summed E-state index contributed by atoms with van der Waals surface area (Å²) < 4.78 is 10.7. The summed E-state index contributed by atoms with van der Waals surface area (Å²) in [4.78, 5) is 15.0. The Bertz CT molecular complexity index is 916. The maximum atomic E-state index is 5.42. The van der Waals surface area contributed by atoms with E-state index in [0.717, 1.165) is 17.3 Å². The second-order valence-corrected chi connectivity index (χ2v) is 6.12. The second kappa shape index (κ2) is 11.3. The van der Waals surface area contributed by atoms with Crippen molar-refractivity contribution in [3.63, 3.8) is 0 Å². The SMILES string of the molecule is CN=C(NCCc1noc(-c2ccccn2)n1)N(C)Cc1ccccc1OC.I. The van der Waals surface area contributed by atoms with Crippen LogP contribution in [0.3, 0.4) is 0 Å². The fraction of sp³-hybridized carbons (Fsp3) is 0.300. The van der Waals surface area contributed by atoms with Gasteiger partial charge in [-0.15, -0.1) is 24.0 Å². The van der Waals surface area contributed by atoms with E-state index in [9.17, 15) is 0 Å². The largest absolute Gasteiger partial charge is 0.496 e. The van der Waals surface area contributed by atoms with Gasteiger partial charge >= 0.3 is 0 Å². The van der Waals surface area contributed by atoms with Crippen LogP contribution >= 0.6 is 24.0 Å². The number of halogens is 1. The lowest BCUT2D eigenvalue weighted by Crippen LogP contribution is -2.39. The maximum Gasteiger partial charge on any atom is 0.276 e. The zero-order valence-corrected chi connectivity index (χ0v) is 19.0. The summed E-state index contributed by atoms with van der Waals surface area (Å²) in [5.41, 5.74) is 1.76. The number of nitrogens with zero attached hydrogens (tertiary/aromatic N) is 5. The van der Waals surface area contributed by atoms with E-state index in [1.54, 1.807) is 20.4 Å². The summed E-state index contributed by atoms with van der Waals surface area (Å²) in [5.74, 6) is 2.68. The van der Waals surface area contributed by atoms with E-state index in [1.165, 1.54) is 0 Å². The molecule has 0 amide bonds. The topological polar surface area (TPSA) is 88.7 Å². The van der Waals surface area contributed by atoms with Gasteiger partial charge in [0.25, 0.3) is 5.89 Å². The fourth-order valence-corrected chi connectivity index (χ4v) is 2.78. The molecule has 0 fully saturated rings. The second-order valence-electron chi connectivity index (χ2n) is 6.12. The molecule has 3 rings (SSSR count). The van der Waals surface area contributed by atoms with E-state index in [2.05, 4.69) is 25.4 Å². The molecule has 0 saturated carbocycles. The van der Waals surface area contributed by atoms with Gasteiger partial charge in [-0.25, -0.2) is 0 Å². The van der Waals surface area contributed by atoms with Crippen molar-refractivity contribution in [2.24, 2.45) is 4.99 Å². The maximum absolute atomic E-state index is 5.42. The molecule has 1 aromatic carbocycles. The molecule has 0 aliphatic heterocycles. The highest BCUT2D eigenvalue weighted by Crippen LogP contribution is 2.18. The van der Waals surface area contributed by atoms with Crippen LogP contribution in [0.2, 0.25) is 0 Å². The molecule has 1 N–H and O–H groups in total. The Labute approximate surface area is 187 Å². The highest BCUT2D eigenvalue weighted by molar-refractivity contribution is 14.0. The van der Waals surface area contributed by atoms with E-state index in [1.807, 2.05) is 54.4 Å². The molecular weight excluding hydrogens is 483 g/mol. The van der Waals surface area contributed by atoms with Crippen LogP contribution in [0.15, 0.2) is 58.2 Å². The number of rotatable bonds is 7. The summed E-state index contributed by atoms with van der Waals surface area (Å²) in [5, 5.41) is 7.34. The highest BCUT2D eigenvalue weighted by atomic mass is 127. The third-order valence-corrected chi connectivity index (χ3v) is 4.16. The van der Waals surface area contributed by atoms with Crippen molar-refractivity contribution in [3.8, 4) is 17.3 Å². The Morgan fingerprint density at radius 2 is 2.00 bits per heavy atom. The smallest absolute Gasteiger partial charge is 0.276 e. The van der Waals surface area contributed by atoms with Gasteiger partial charge in [-0.2, -0.15) is 4.98 Å². The minimum atomic E-state index is 0. The normalized spacial score (nSPS) is 10.9. The number of nitrogens with one attached hydrogen (secondary N) is 1. The number of aliphatic imine (C=N–C) groups is 1. The van der Waals surface area contributed by atoms with Crippen molar-refractivity contribution in [1.29, 1.82) is 0 Å². The van der Waals surface area contributed by atoms with Gasteiger partial charge in [-0.1, -0.05) is 29.4 Å². The van der Waals surface area contributed by atoms with Gasteiger partial charge < -0.3 is 19.5 Å². The summed E-state index contributed by atoms with van der Waals surface area (Å²) in [6, 6.07) is 13.5. The van der Waals surface area contributed by atoms with Crippen LogP contribution in [0, 0.1) is 0 Å². The van der Waals surface area contributed by atoms with Crippen molar-refractivity contribution in [3.05, 3.63) is 60.0 Å². The molecule has 0 bridgehead atoms. The first-order valence-electron chi connectivity index (χ1n) is 8.99. The predicted molar refractivity (Wildman–Crippen MR) is 122 cm³/mol. The van der Waals surface area contributed by atoms with E-state index in [-0.39, 0.29) is 24.0 Å². The number of methoxy groups -OCH3 is 1. The van der Waals surface area contributed by atoms with Crippen LogP contribution in [0.4, 0.5) is 0 Å². The average molecular weight is 508 g/mol. The first kappa shape index (κ1) is 22.6. The van der Waals surface area contributed by atoms with Crippen molar-refractivity contribution in [2.75, 3.05) is 27.7 Å². The minimum absolute atomic E-state index is 0. The van der Waals surface area contributed by atoms with Crippen molar-refractivity contribution < 1.29 is 9.26 Å². The molecule has 8 nitrogen and oxygen atoms in total. The molecule has 0 saturated heterocycles. The summed E-state index contributed by atoms with van der Waals surface area (Å²) >= 11 is 0. The lowest BCUT2D eigenvalue weighted by molar-refractivity contribution is 0.396. The fourth-order valence-electron chi connectivity index (χ4n) is 2.78. The van der Waals surface area contributed by atoms with Gasteiger partial charge in [0.05, 0.1) is 7.11 Å². The Morgan fingerprint density at radius 1 is 1.21 bits per heavy atom. The van der Waals surface area contributed by atoms with Crippen LogP contribution in [0.1, 0.15) is 11.4 Å². The van der Waals surface area contributed by atoms with Crippen molar-refractivity contribution >= 4 is 29.9 Å². The summed E-state index contributed by atoms with van der Waals surface area (Å²) in [6.07, 6.45) is 2.31. The molecule has 2 heterocycles. The van der Waals surface area contributed by atoms with Crippen molar-refractivity contribution in [2.45, 2.75) is 13.0 Å². The lowest BCUT2D eigenvalue weighted by atomic mass is 10.2. The lowest BCUT2D eigenvalue weighted by Gasteiger charge is -2.22. The third kappa shape index (κ3) is 6.14. The molecule has 2 aromatic heterocycles. The number of guanidine groups is 1. The molecule has 29 heavy (non-hydrogen) atoms. The van der Waals surface area contributed by atoms with Crippen molar-refractivity contribution in [1.82, 2.24) is 25.3 Å². The quantitative estimate of drug-likeness (QED) is 0.298. The number of hydrogen-bond acceptors (Lipinski definition) is 6. The average Bonchev–Trinajstić information content (AvgIpc) is 3.21. The van der Waals surface area contributed by atoms with Gasteiger partial charge in [-0.05, 0) is 18.2 Å². The van der Waals surface area contributed by atoms with E-state index in [0.29, 0.717) is 36.9 Å². The minimum Gasteiger partial charge on any atom is -0.496 e. The number of hydrogen-bond donors (Lipinski definition) is 1. The molecule has 154 valence electrons. The molecule has 0 atom stereocenters. The van der Waals surface area contributed by atoms with E-state index < -0.39 is 0 Å². The number of pyridine rings is 1. The third-order valence-electron chi connectivity index (χ3n) is 4.16. The zero-order valence-electron chi connectivity index (χ0n) is 16.7. The predicted octanol–water partition coefficient (Wildman–Crippen LogP) is 3.01. The standard InChI is InChI=1S/C20H24N6O2.HI/c1-21-20(26(2)14-15-8-4-5-10-17(15)27-3)23-13-11-18-24-19(28-25-18)16-9-6-7-12-22-16;/h4-10,12H,11,13-14H2,1-3H3,(H,21,23);1H. The number of ether oxygens (including phenoxy) is 1. The monoisotopic (exact) mass is 508 g/mol. The Balaban J connectivity index is 0.00000300. The molecule has 3 aromatic rings. The molecule has 0 aliphatic carbocycles. The van der Waals surface area contributed by atoms with Crippen LogP contribution in [0.25, 0.3) is 11.6 Å². The van der Waals surface area contributed by atoms with Gasteiger partial charge in [-0.3, -0.25) is 9.98 Å². The van der Waals surface area contributed by atoms with Gasteiger partial charge in [0, 0.05) is 45.4 Å². The first-order chi connectivity index (χ1) is 13.7. The van der Waals surface area contributed by atoms with Crippen LogP contribution < -0.4 is 10.1 Å². The van der Waals surface area contributed by atoms with Gasteiger partial charge in [0.1, 0.15) is 11.4 Å². The van der Waals surface area contributed by atoms with Crippen LogP contribution in [-0.2, 0) is 13.0 Å². The van der Waals surface area contributed by atoms with Crippen LogP contribution in [0.5, 0.6) is 5.75 Å². The number of benzene rings is 1. The highest BCUT2D eigenvalue weighted by Gasteiger charge is 2.12. The van der Waals surface area contributed by atoms with Gasteiger partial charge in [0.15, 0.2) is 11.8 Å². The first-order valence-corrected chi connectivity index (χ1v) is 8.99. The summed E-state index contributed by atoms with van der Waals surface area (Å²) in [7, 11) is 5.42. The van der Waals surface area contributed by atoms with E-state index in [4.69, 9.17) is 9.26 Å². The van der Waals surface area contributed by atoms with E-state index >= 15 is 0 Å². The molecular formula is C20H25IN6O2. The number of aromatic nitrogens is 3. The molecule has 0 aliphatic rings. The number of para-hydroxylation sites is 1. The molecule has 0 spiro atoms. The Hall–Kier alpha value is -2.69. The Morgan fingerprint density at radius 3 is 2.72 bits per heavy atom. The van der Waals surface area contributed by atoms with Gasteiger partial charge in [0.2, 0.25) is 0 Å². The molecule has 0 unspecified atom stereocenters. The zero-order chi connectivity index (χ0) is 19.8. The molecule has 0 radical (unpaired) electrons. The molecule has 9 heteroatoms. The summed E-state index contributed by atoms with van der Waals surface area (Å²) in [6.45, 7) is 1.31. The Kier molecular flexibility index (Phi) is 8.84. The van der Waals surface area contributed by atoms with Crippen LogP contribution in [-0.4, -0.2) is 53.7 Å².